The Morgan fingerprint density at radius 3 is 0.506 bits per heavy atom. The van der Waals surface area contributed by atoms with Crippen molar-refractivity contribution in [2.75, 3.05) is 142 Å². The van der Waals surface area contributed by atoms with E-state index in [2.05, 4.69) is 254 Å². The Morgan fingerprint density at radius 1 is 0.284 bits per heavy atom. The molecule has 30 heteroatoms. The molecule has 0 aromatic carbocycles. The third kappa shape index (κ3) is 33.9. The lowest BCUT2D eigenvalue weighted by molar-refractivity contribution is -0.155. The summed E-state index contributed by atoms with van der Waals surface area (Å²) in [6.07, 6.45) is 11.0. The molecule has 0 saturated heterocycles. The predicted octanol–water partition coefficient (Wildman–Crippen LogP) is 12.6. The van der Waals surface area contributed by atoms with E-state index in [0.717, 1.165) is 97.8 Å². The molecule has 0 amide bonds. The highest BCUT2D eigenvalue weighted by Crippen LogP contribution is 2.37. The maximum Gasteiger partial charge on any atom is 0.673 e. The first-order chi connectivity index (χ1) is 37.1. The van der Waals surface area contributed by atoms with Gasteiger partial charge in [-0.2, -0.15) is 14.0 Å². The van der Waals surface area contributed by atoms with Crippen LogP contribution in [0.3, 0.4) is 0 Å². The van der Waals surface area contributed by atoms with Gasteiger partial charge in [-0.3, -0.25) is 44.1 Å². The molecular formula is C51H126B3F12N12P3. The molecule has 6 atom stereocenters. The smallest absolute Gasteiger partial charge is 0.418 e. The van der Waals surface area contributed by atoms with E-state index < -0.39 is 21.8 Å². The largest absolute Gasteiger partial charge is 0.673 e. The van der Waals surface area contributed by atoms with Crippen LogP contribution in [-0.4, -0.2) is 257 Å². The summed E-state index contributed by atoms with van der Waals surface area (Å²) < 4.78 is 125. The van der Waals surface area contributed by atoms with Crippen LogP contribution in [0.5, 0.6) is 0 Å². The van der Waals surface area contributed by atoms with E-state index >= 15 is 0 Å². The maximum atomic E-state index is 9.75. The Balaban J connectivity index is -0.000000230. The zero-order chi connectivity index (χ0) is 65.5. The van der Waals surface area contributed by atoms with Crippen molar-refractivity contribution in [1.29, 1.82) is 0 Å². The lowest BCUT2D eigenvalue weighted by Crippen LogP contribution is -2.74. The minimum atomic E-state index is -6.00. The lowest BCUT2D eigenvalue weighted by Gasteiger charge is -2.56. The second-order valence-corrected chi connectivity index (χ2v) is 22.8. The summed E-state index contributed by atoms with van der Waals surface area (Å²) in [6, 6.07) is 1.46. The second kappa shape index (κ2) is 48.1. The topological polar surface area (TPSA) is 38.9 Å². The molecule has 0 spiro atoms. The van der Waals surface area contributed by atoms with E-state index in [1.165, 1.54) is 38.5 Å². The first-order valence-electron chi connectivity index (χ1n) is 29.9. The quantitative estimate of drug-likeness (QED) is 0.0260. The van der Waals surface area contributed by atoms with Crippen molar-refractivity contribution >= 4 is 49.9 Å². The van der Waals surface area contributed by atoms with Crippen molar-refractivity contribution < 1.29 is 51.8 Å². The first-order valence-corrected chi connectivity index (χ1v) is 31.8. The minimum absolute atomic E-state index is 0.0450. The summed E-state index contributed by atoms with van der Waals surface area (Å²) in [5.41, 5.74) is 0. The summed E-state index contributed by atoms with van der Waals surface area (Å²) >= 11 is 0. The summed E-state index contributed by atoms with van der Waals surface area (Å²) in [5.74, 6) is -0.135. The Morgan fingerprint density at radius 2 is 0.420 bits per heavy atom. The second-order valence-electron chi connectivity index (χ2n) is 20.5. The standard InChI is InChI=1S/3C17H41N4P.3BF4/c3*1-9-14-15-21(22)17(19(7)12-4,20(8)13-5)16(10-2)18(6)11-3;3*2-1(3,4)5/h3*16H,9-15,22H2,1-8H3;;;/q;;;3*-1/p+3. The van der Waals surface area contributed by atoms with Gasteiger partial charge in [0.15, 0.2) is 17.4 Å². The molecule has 0 aliphatic carbocycles. The number of unbranched alkanes of at least 4 members (excludes halogenated alkanes) is 3. The van der Waals surface area contributed by atoms with Gasteiger partial charge in [0.1, 0.15) is 0 Å². The number of hydrogen-bond donors (Lipinski definition) is 0. The molecule has 0 N–H and O–H groups in total. The van der Waals surface area contributed by atoms with Crippen molar-refractivity contribution in [3.63, 3.8) is 0 Å². The van der Waals surface area contributed by atoms with Crippen molar-refractivity contribution in [3.05, 3.63) is 0 Å². The van der Waals surface area contributed by atoms with Gasteiger partial charge in [-0.25, -0.2) is 0 Å². The molecule has 0 aromatic rings. The molecule has 0 rings (SSSR count). The Labute approximate surface area is 497 Å². The average Bonchev–Trinajstić information content (AvgIpc) is 3.39. The highest BCUT2D eigenvalue weighted by atomic mass is 31.0. The van der Waals surface area contributed by atoms with Crippen LogP contribution >= 0.6 is 28.2 Å². The van der Waals surface area contributed by atoms with E-state index in [0.29, 0.717) is 18.1 Å². The normalized spacial score (nSPS) is 14.2. The van der Waals surface area contributed by atoms with Crippen LogP contribution in [0.4, 0.5) is 51.8 Å². The number of hydrogen-bond acceptors (Lipinski definition) is 12. The molecular weight excluding hydrogens is 1130 g/mol. The first kappa shape index (κ1) is 92.3. The molecule has 0 bridgehead atoms. The van der Waals surface area contributed by atoms with Crippen LogP contribution < -0.4 is 0 Å². The fraction of sp³-hybridized carbons (Fsp3) is 1.00. The van der Waals surface area contributed by atoms with Crippen LogP contribution in [0.25, 0.3) is 0 Å². The zero-order valence-electron chi connectivity index (χ0n) is 55.8. The van der Waals surface area contributed by atoms with E-state index in [-0.39, 0.29) is 17.4 Å². The van der Waals surface area contributed by atoms with Crippen LogP contribution in [0.2, 0.25) is 0 Å². The molecule has 0 aliphatic rings. The number of halogens is 12. The molecule has 6 unspecified atom stereocenters. The van der Waals surface area contributed by atoms with Gasteiger partial charge in [-0.15, -0.1) is 0 Å². The van der Waals surface area contributed by atoms with Crippen LogP contribution in [-0.2, 0) is 0 Å². The highest BCUT2D eigenvalue weighted by molar-refractivity contribution is 7.13. The Bertz CT molecular complexity index is 1250. The molecule has 0 aromatic heterocycles. The molecule has 0 saturated carbocycles. The number of nitrogens with zero attached hydrogens (tertiary/aromatic N) is 12. The van der Waals surface area contributed by atoms with Gasteiger partial charge in [0.25, 0.3) is 0 Å². The predicted molar refractivity (Wildman–Crippen MR) is 344 cm³/mol. The van der Waals surface area contributed by atoms with E-state index in [9.17, 15) is 51.8 Å². The molecule has 81 heavy (non-hydrogen) atoms. The van der Waals surface area contributed by atoms with Crippen LogP contribution in [0.1, 0.15) is 162 Å². The summed E-state index contributed by atoms with van der Waals surface area (Å²) in [4.78, 5) is 22.8. The third-order valence-corrected chi connectivity index (χ3v) is 17.9. The average molecular weight is 1260 g/mol. The summed E-state index contributed by atoms with van der Waals surface area (Å²) in [7, 11) is 8.70. The SMILES string of the molecule is CCCCN([PH3+])C(C(CC)N(C)CC)(N(C)CC)N(C)CC.CCCCN([PH3+])C(C(CC)N(C)CC)(N(C)CC)N(C)CC.CCCCN([PH3+])C(C(CC)N(C)CC)(N(C)CC)N(C)CC.F[B-](F)(F)F.F[B-](F)(F)F.F[B-](F)(F)F. The van der Waals surface area contributed by atoms with Crippen molar-refractivity contribution in [3.8, 4) is 0 Å². The van der Waals surface area contributed by atoms with Gasteiger partial charge < -0.3 is 51.8 Å². The molecule has 0 radical (unpaired) electrons. The van der Waals surface area contributed by atoms with Crippen molar-refractivity contribution in [1.82, 2.24) is 58.1 Å². The Kier molecular flexibility index (Phi) is 54.9. The lowest BCUT2D eigenvalue weighted by atomic mass is 10.00. The van der Waals surface area contributed by atoms with Gasteiger partial charge in [-0.1, -0.05) is 123 Å². The van der Waals surface area contributed by atoms with E-state index in [4.69, 9.17) is 0 Å². The van der Waals surface area contributed by atoms with Crippen molar-refractivity contribution in [2.45, 2.75) is 197 Å². The highest BCUT2D eigenvalue weighted by Gasteiger charge is 2.54. The van der Waals surface area contributed by atoms with Crippen molar-refractivity contribution in [2.24, 2.45) is 0 Å². The van der Waals surface area contributed by atoms with Gasteiger partial charge in [-0.05, 0) is 161 Å². The van der Waals surface area contributed by atoms with Gasteiger partial charge >= 0.3 is 21.8 Å². The fourth-order valence-corrected chi connectivity index (χ4v) is 13.5. The van der Waals surface area contributed by atoms with E-state index in [1.807, 2.05) is 0 Å². The fourth-order valence-electron chi connectivity index (χ4n) is 10.7. The summed E-state index contributed by atoms with van der Waals surface area (Å²) in [6.45, 7) is 47.3. The molecule has 0 aliphatic heterocycles. The van der Waals surface area contributed by atoms with Crippen LogP contribution in [0.15, 0.2) is 0 Å². The van der Waals surface area contributed by atoms with Gasteiger partial charge in [0.2, 0.25) is 0 Å². The molecule has 498 valence electrons. The summed E-state index contributed by atoms with van der Waals surface area (Å²) in [5, 5.41) is 0. The molecule has 12 nitrogen and oxygen atoms in total. The number of rotatable bonds is 36. The third-order valence-electron chi connectivity index (χ3n) is 15.6. The minimum Gasteiger partial charge on any atom is -0.418 e. The Hall–Kier alpha value is 0.165. The molecule has 0 fully saturated rings. The van der Waals surface area contributed by atoms with Crippen LogP contribution in [0, 0.1) is 0 Å². The zero-order valence-corrected chi connectivity index (χ0v) is 60.1. The number of likely N-dealkylation sites (N-methyl/N-ethyl adjacent to an activating group) is 9. The monoisotopic (exact) mass is 1260 g/mol. The maximum absolute atomic E-state index is 9.75. The molecule has 0 heterocycles. The van der Waals surface area contributed by atoms with E-state index in [1.54, 1.807) is 0 Å². The van der Waals surface area contributed by atoms with Gasteiger partial charge in [0, 0.05) is 47.8 Å². The van der Waals surface area contributed by atoms with Gasteiger partial charge in [0.05, 0.1) is 18.1 Å².